The Morgan fingerprint density at radius 1 is 1.35 bits per heavy atom. The zero-order valence-corrected chi connectivity index (χ0v) is 15.9. The maximum atomic E-state index is 12.5. The van der Waals surface area contributed by atoms with Gasteiger partial charge in [-0.3, -0.25) is 0 Å². The molecule has 2 saturated heterocycles. The third kappa shape index (κ3) is 4.58. The van der Waals surface area contributed by atoms with Crippen molar-refractivity contribution in [1.82, 2.24) is 9.88 Å². The van der Waals surface area contributed by atoms with Gasteiger partial charge < -0.3 is 24.4 Å². The van der Waals surface area contributed by atoms with Crippen LogP contribution in [-0.4, -0.2) is 65.6 Å². The van der Waals surface area contributed by atoms with E-state index in [1.54, 1.807) is 21.0 Å². The molecule has 1 aromatic rings. The molecule has 2 aliphatic heterocycles. The van der Waals surface area contributed by atoms with E-state index in [0.717, 1.165) is 38.0 Å². The van der Waals surface area contributed by atoms with Crippen LogP contribution in [0.15, 0.2) is 18.3 Å². The molecule has 26 heavy (non-hydrogen) atoms. The van der Waals surface area contributed by atoms with E-state index in [4.69, 9.17) is 9.47 Å². The lowest BCUT2D eigenvalue weighted by atomic mass is 9.97. The minimum atomic E-state index is -0.823. The Hall–Kier alpha value is -2.02. The third-order valence-electron chi connectivity index (χ3n) is 5.05. The maximum absolute atomic E-state index is 12.5. The smallest absolute Gasteiger partial charge is 0.410 e. The number of piperidine rings is 1. The molecule has 3 rings (SSSR count). The van der Waals surface area contributed by atoms with Crippen LogP contribution in [0.4, 0.5) is 10.5 Å². The van der Waals surface area contributed by atoms with Crippen LogP contribution in [-0.2, 0) is 4.74 Å². The maximum Gasteiger partial charge on any atom is 0.410 e. The molecule has 2 fully saturated rings. The van der Waals surface area contributed by atoms with Gasteiger partial charge in [0, 0.05) is 38.5 Å². The van der Waals surface area contributed by atoms with Crippen LogP contribution in [0.25, 0.3) is 0 Å². The molecule has 0 saturated carbocycles. The van der Waals surface area contributed by atoms with Gasteiger partial charge in [-0.25, -0.2) is 9.78 Å². The van der Waals surface area contributed by atoms with E-state index in [1.165, 1.54) is 0 Å². The zero-order chi connectivity index (χ0) is 18.7. The summed E-state index contributed by atoms with van der Waals surface area (Å²) in [5.74, 6) is 0.597. The van der Waals surface area contributed by atoms with Crippen LogP contribution >= 0.6 is 0 Å². The van der Waals surface area contributed by atoms with Crippen LogP contribution < -0.4 is 9.64 Å². The molecule has 7 heteroatoms. The van der Waals surface area contributed by atoms with E-state index < -0.39 is 5.60 Å². The summed E-state index contributed by atoms with van der Waals surface area (Å²) in [7, 11) is 1.60. The number of cyclic esters (lactones) is 1. The lowest BCUT2D eigenvalue weighted by molar-refractivity contribution is -0.0327. The lowest BCUT2D eigenvalue weighted by Gasteiger charge is -2.43. The van der Waals surface area contributed by atoms with Crippen molar-refractivity contribution in [2.45, 2.75) is 57.3 Å². The molecule has 0 aromatic carbocycles. The second-order valence-corrected chi connectivity index (χ2v) is 7.81. The molecule has 144 valence electrons. The summed E-state index contributed by atoms with van der Waals surface area (Å²) >= 11 is 0. The molecule has 1 aromatic heterocycles. The number of amides is 1. The Labute approximate surface area is 154 Å². The van der Waals surface area contributed by atoms with Crippen LogP contribution in [0.1, 0.15) is 39.5 Å². The average molecular weight is 363 g/mol. The average Bonchev–Trinajstić information content (AvgIpc) is 2.61. The number of aliphatic hydroxyl groups is 1. The summed E-state index contributed by atoms with van der Waals surface area (Å²) < 4.78 is 10.7. The Morgan fingerprint density at radius 3 is 2.77 bits per heavy atom. The third-order valence-corrected chi connectivity index (χ3v) is 5.05. The monoisotopic (exact) mass is 363 g/mol. The number of nitrogens with zero attached hydrogens (tertiary/aromatic N) is 3. The van der Waals surface area contributed by atoms with Crippen molar-refractivity contribution in [2.24, 2.45) is 0 Å². The van der Waals surface area contributed by atoms with Gasteiger partial charge in [0.2, 0.25) is 5.88 Å². The second kappa shape index (κ2) is 7.70. The number of hydrogen-bond acceptors (Lipinski definition) is 6. The number of pyridine rings is 1. The molecule has 2 aliphatic rings. The van der Waals surface area contributed by atoms with Gasteiger partial charge in [0.25, 0.3) is 0 Å². The van der Waals surface area contributed by atoms with Crippen molar-refractivity contribution in [3.63, 3.8) is 0 Å². The molecule has 0 spiro atoms. The van der Waals surface area contributed by atoms with Crippen molar-refractivity contribution in [2.75, 3.05) is 31.6 Å². The predicted octanol–water partition coefficient (Wildman–Crippen LogP) is 2.43. The highest BCUT2D eigenvalue weighted by molar-refractivity contribution is 5.69. The van der Waals surface area contributed by atoms with Gasteiger partial charge in [0.1, 0.15) is 6.10 Å². The topological polar surface area (TPSA) is 75.1 Å². The molecular weight excluding hydrogens is 334 g/mol. The number of aromatic nitrogens is 1. The van der Waals surface area contributed by atoms with E-state index in [2.05, 4.69) is 9.88 Å². The lowest BCUT2D eigenvalue weighted by Crippen LogP contribution is -2.54. The summed E-state index contributed by atoms with van der Waals surface area (Å²) in [6.07, 6.45) is 4.58. The van der Waals surface area contributed by atoms with Gasteiger partial charge in [-0.15, -0.1) is 0 Å². The number of carbonyl (C=O) groups is 1. The van der Waals surface area contributed by atoms with Gasteiger partial charge in [0.15, 0.2) is 0 Å². The predicted molar refractivity (Wildman–Crippen MR) is 98.5 cm³/mol. The highest BCUT2D eigenvalue weighted by Crippen LogP contribution is 2.27. The van der Waals surface area contributed by atoms with Gasteiger partial charge in [0.05, 0.1) is 30.6 Å². The molecule has 1 amide bonds. The Balaban J connectivity index is 1.60. The van der Waals surface area contributed by atoms with E-state index in [0.29, 0.717) is 18.8 Å². The highest BCUT2D eigenvalue weighted by atomic mass is 16.6. The highest BCUT2D eigenvalue weighted by Gasteiger charge is 2.36. The fourth-order valence-corrected chi connectivity index (χ4v) is 3.80. The molecule has 0 aliphatic carbocycles. The van der Waals surface area contributed by atoms with E-state index >= 15 is 0 Å². The zero-order valence-electron chi connectivity index (χ0n) is 15.9. The molecule has 1 N–H and O–H groups in total. The first-order valence-electron chi connectivity index (χ1n) is 9.30. The first-order chi connectivity index (χ1) is 12.4. The summed E-state index contributed by atoms with van der Waals surface area (Å²) in [4.78, 5) is 20.9. The van der Waals surface area contributed by atoms with Crippen molar-refractivity contribution >= 4 is 11.8 Å². The number of rotatable bonds is 5. The minimum Gasteiger partial charge on any atom is -0.481 e. The van der Waals surface area contributed by atoms with Crippen molar-refractivity contribution in [3.05, 3.63) is 18.3 Å². The number of anilines is 1. The van der Waals surface area contributed by atoms with Gasteiger partial charge in [-0.1, -0.05) is 0 Å². The van der Waals surface area contributed by atoms with Crippen LogP contribution in [0.2, 0.25) is 0 Å². The molecule has 0 bridgehead atoms. The Kier molecular flexibility index (Phi) is 5.55. The SMILES string of the molecule is COc1ccc(N2CCCC(N3CCC(CC(C)(C)O)OC3=O)C2)cn1. The molecular formula is C19H29N3O4. The first-order valence-corrected chi connectivity index (χ1v) is 9.30. The van der Waals surface area contributed by atoms with Crippen LogP contribution in [0.3, 0.4) is 0 Å². The first kappa shape index (κ1) is 18.8. The van der Waals surface area contributed by atoms with Crippen LogP contribution in [0.5, 0.6) is 5.88 Å². The molecule has 0 radical (unpaired) electrons. The Bertz CT molecular complexity index is 614. The number of hydrogen-bond donors (Lipinski definition) is 1. The van der Waals surface area contributed by atoms with Crippen molar-refractivity contribution < 1.29 is 19.4 Å². The normalized spacial score (nSPS) is 24.4. The summed E-state index contributed by atoms with van der Waals surface area (Å²) in [6.45, 7) is 5.90. The molecule has 3 heterocycles. The minimum absolute atomic E-state index is 0.140. The molecule has 7 nitrogen and oxygen atoms in total. The Morgan fingerprint density at radius 2 is 2.15 bits per heavy atom. The fourth-order valence-electron chi connectivity index (χ4n) is 3.80. The van der Waals surface area contributed by atoms with E-state index in [-0.39, 0.29) is 18.2 Å². The summed E-state index contributed by atoms with van der Waals surface area (Å²) in [5, 5.41) is 9.94. The molecule has 2 unspecified atom stereocenters. The van der Waals surface area contributed by atoms with E-state index in [9.17, 15) is 9.90 Å². The molecule has 2 atom stereocenters. The van der Waals surface area contributed by atoms with Crippen molar-refractivity contribution in [1.29, 1.82) is 0 Å². The number of carbonyl (C=O) groups excluding carboxylic acids is 1. The van der Waals surface area contributed by atoms with E-state index in [1.807, 2.05) is 23.2 Å². The van der Waals surface area contributed by atoms with Gasteiger partial charge in [-0.05, 0) is 32.8 Å². The van der Waals surface area contributed by atoms with Gasteiger partial charge >= 0.3 is 6.09 Å². The quantitative estimate of drug-likeness (QED) is 0.866. The largest absolute Gasteiger partial charge is 0.481 e. The van der Waals surface area contributed by atoms with Gasteiger partial charge in [-0.2, -0.15) is 0 Å². The second-order valence-electron chi connectivity index (χ2n) is 7.81. The van der Waals surface area contributed by atoms with Crippen molar-refractivity contribution in [3.8, 4) is 5.88 Å². The standard InChI is InChI=1S/C19H29N3O4/c1-19(2,24)11-16-8-10-22(18(23)26-16)15-5-4-9-21(13-15)14-6-7-17(25-3)20-12-14/h6-7,12,15-16,24H,4-5,8-11,13H2,1-3H3. The number of ether oxygens (including phenoxy) is 2. The summed E-state index contributed by atoms with van der Waals surface area (Å²) in [5.41, 5.74) is 0.219. The fraction of sp³-hybridized carbons (Fsp3) is 0.684. The van der Waals surface area contributed by atoms with Crippen LogP contribution in [0, 0.1) is 0 Å². The summed E-state index contributed by atoms with van der Waals surface area (Å²) in [6, 6.07) is 4.00. The number of methoxy groups -OCH3 is 1.